The van der Waals surface area contributed by atoms with Gasteiger partial charge in [-0.3, -0.25) is 0 Å². The van der Waals surface area contributed by atoms with Gasteiger partial charge >= 0.3 is 194 Å². The van der Waals surface area contributed by atoms with Gasteiger partial charge in [0, 0.05) is 0 Å². The monoisotopic (exact) mass is 569 g/mol. The summed E-state index contributed by atoms with van der Waals surface area (Å²) in [6.45, 7) is -2.18. The number of carboxylic acid groups (broad SMARTS) is 1. The molecule has 0 aromatic heterocycles. The molecule has 196 valence electrons. The van der Waals surface area contributed by atoms with Gasteiger partial charge in [-0.15, -0.1) is 0 Å². The molecule has 0 aromatic rings. The van der Waals surface area contributed by atoms with Crippen LogP contribution in [0.4, 0.5) is 0 Å². The summed E-state index contributed by atoms with van der Waals surface area (Å²) in [7, 11) is -4.74. The molecule has 1 rings (SSSR count). The Morgan fingerprint density at radius 2 is 1.70 bits per heavy atom. The molecule has 0 radical (unpaired) electrons. The summed E-state index contributed by atoms with van der Waals surface area (Å²) >= 11 is -2.74. The van der Waals surface area contributed by atoms with Crippen LogP contribution >= 0.6 is 0 Å². The van der Waals surface area contributed by atoms with Crippen LogP contribution in [0, 0.1) is 5.92 Å². The van der Waals surface area contributed by atoms with Crippen molar-refractivity contribution in [2.45, 2.75) is 58.6 Å². The Balaban J connectivity index is 2.59. The molecule has 7 atom stereocenters. The summed E-state index contributed by atoms with van der Waals surface area (Å²) in [6, 6.07) is 0. The molecule has 16 heteroatoms. The van der Waals surface area contributed by atoms with Crippen LogP contribution in [0.1, 0.15) is 0 Å². The average Bonchev–Trinajstić information content (AvgIpc) is 2.96. The Morgan fingerprint density at radius 3 is 2.24 bits per heavy atom. The van der Waals surface area contributed by atoms with Crippen molar-refractivity contribution < 1.29 is 66.8 Å². The first-order valence-corrected chi connectivity index (χ1v) is 17.8. The van der Waals surface area contributed by atoms with E-state index in [4.69, 9.17) is 23.9 Å². The molecule has 7 N–H and O–H groups in total. The summed E-state index contributed by atoms with van der Waals surface area (Å²) in [5, 5.41) is 58.3. The van der Waals surface area contributed by atoms with Crippen LogP contribution < -0.4 is 0 Å². The molecule has 7 unspecified atom stereocenters. The Labute approximate surface area is 194 Å². The number of ether oxygens (including phenoxy) is 3. The summed E-state index contributed by atoms with van der Waals surface area (Å²) in [6.07, 6.45) is -7.54. The normalized spacial score (nSPS) is 26.8. The second-order valence-corrected chi connectivity index (χ2v) is 19.2. The Bertz CT molecular complexity index is 704. The predicted octanol–water partition coefficient (Wildman–Crippen LogP) is -2.59. The predicted molar refractivity (Wildman–Crippen MR) is 112 cm³/mol. The van der Waals surface area contributed by atoms with E-state index in [0.29, 0.717) is 5.21 Å². The van der Waals surface area contributed by atoms with Gasteiger partial charge in [0.05, 0.1) is 0 Å². The number of aliphatic hydroxyl groups excluding tert-OH is 5. The van der Waals surface area contributed by atoms with Crippen LogP contribution in [0.2, 0.25) is 21.8 Å². The van der Waals surface area contributed by atoms with E-state index in [1.54, 1.807) is 0 Å². The minimum absolute atomic E-state index is 0.164. The van der Waals surface area contributed by atoms with E-state index < -0.39 is 92.5 Å². The molecular weight excluding hydrogens is 535 g/mol. The van der Waals surface area contributed by atoms with Crippen molar-refractivity contribution in [1.29, 1.82) is 0 Å². The standard InChI is InChI=1S/C17H33AsO14S/c1-18(2,3-10(16(24)25)6-29-7-11(20)5-19)4-13-14(22)15(23)17(32-13)30-8-12(21)9-31-33(26,27)28/h10-15,17,19-23H,3-9H2,1-2H3,(H-,24,25,26,27,28)/p+1. The molecule has 14 nitrogen and oxygen atoms in total. The molecule has 33 heavy (non-hydrogen) atoms. The molecule has 0 amide bonds. The third-order valence-electron chi connectivity index (χ3n) is 4.76. The summed E-state index contributed by atoms with van der Waals surface area (Å²) in [5.74, 6) is -1.95. The van der Waals surface area contributed by atoms with E-state index in [1.165, 1.54) is 0 Å². The van der Waals surface area contributed by atoms with Crippen molar-refractivity contribution in [2.24, 2.45) is 5.92 Å². The van der Waals surface area contributed by atoms with Crippen LogP contribution in [0.25, 0.3) is 0 Å². The van der Waals surface area contributed by atoms with Crippen LogP contribution in [-0.2, 0) is 33.6 Å². The summed E-state index contributed by atoms with van der Waals surface area (Å²) in [4.78, 5) is 11.6. The van der Waals surface area contributed by atoms with E-state index in [0.717, 1.165) is 0 Å². The Kier molecular flexibility index (Phi) is 12.6. The average molecular weight is 569 g/mol. The SMILES string of the molecule is C[As+](C)(CC(COCC(O)CO)C(=O)O)CC1OC(OCC(O)COS(=O)(=O)O)C(O)C1O. The number of rotatable bonds is 16. The number of hydrogen-bond acceptors (Lipinski definition) is 12. The van der Waals surface area contributed by atoms with E-state index in [2.05, 4.69) is 4.18 Å². The number of carboxylic acids is 1. The molecule has 1 fully saturated rings. The van der Waals surface area contributed by atoms with Gasteiger partial charge in [0.25, 0.3) is 0 Å². The van der Waals surface area contributed by atoms with Crippen LogP contribution in [0.5, 0.6) is 0 Å². The second kappa shape index (κ2) is 13.6. The summed E-state index contributed by atoms with van der Waals surface area (Å²) < 4.78 is 49.4. The van der Waals surface area contributed by atoms with Crippen molar-refractivity contribution in [3.8, 4) is 0 Å². The molecule has 1 heterocycles. The van der Waals surface area contributed by atoms with E-state index in [-0.39, 0.29) is 18.4 Å². The van der Waals surface area contributed by atoms with Crippen LogP contribution in [-0.4, -0.2) is 133 Å². The van der Waals surface area contributed by atoms with Gasteiger partial charge < -0.3 is 0 Å². The zero-order chi connectivity index (χ0) is 25.4. The maximum atomic E-state index is 11.6. The van der Waals surface area contributed by atoms with Crippen LogP contribution in [0.3, 0.4) is 0 Å². The third-order valence-corrected chi connectivity index (χ3v) is 11.0. The van der Waals surface area contributed by atoms with E-state index in [1.807, 2.05) is 11.4 Å². The summed E-state index contributed by atoms with van der Waals surface area (Å²) in [5.41, 5.74) is 3.81. The van der Waals surface area contributed by atoms with Crippen molar-refractivity contribution >= 4 is 29.9 Å². The fraction of sp³-hybridized carbons (Fsp3) is 0.941. The Hall–Kier alpha value is -0.422. The molecule has 0 bridgehead atoms. The zero-order valence-electron chi connectivity index (χ0n) is 18.3. The van der Waals surface area contributed by atoms with Crippen molar-refractivity contribution in [3.05, 3.63) is 0 Å². The van der Waals surface area contributed by atoms with Gasteiger partial charge in [-0.2, -0.15) is 0 Å². The molecule has 1 aliphatic rings. The second-order valence-electron chi connectivity index (χ2n) is 8.43. The molecule has 1 aliphatic heterocycles. The molecular formula is C17H34AsO14S+. The van der Waals surface area contributed by atoms with Gasteiger partial charge in [-0.05, 0) is 0 Å². The van der Waals surface area contributed by atoms with Gasteiger partial charge in [0.15, 0.2) is 0 Å². The molecule has 0 spiro atoms. The van der Waals surface area contributed by atoms with Crippen molar-refractivity contribution in [1.82, 2.24) is 0 Å². The number of aliphatic hydroxyl groups is 5. The van der Waals surface area contributed by atoms with Gasteiger partial charge in [0.1, 0.15) is 0 Å². The topological polar surface area (TPSA) is 230 Å². The number of aliphatic carboxylic acids is 1. The van der Waals surface area contributed by atoms with Gasteiger partial charge in [-0.1, -0.05) is 0 Å². The Morgan fingerprint density at radius 1 is 1.06 bits per heavy atom. The zero-order valence-corrected chi connectivity index (χ0v) is 21.0. The first-order chi connectivity index (χ1) is 15.1. The van der Waals surface area contributed by atoms with Gasteiger partial charge in [-0.25, -0.2) is 0 Å². The number of carbonyl (C=O) groups is 1. The van der Waals surface area contributed by atoms with Crippen molar-refractivity contribution in [3.63, 3.8) is 0 Å². The third kappa shape index (κ3) is 11.7. The fourth-order valence-electron chi connectivity index (χ4n) is 3.18. The first kappa shape index (κ1) is 30.6. The number of hydrogen-bond donors (Lipinski definition) is 7. The van der Waals surface area contributed by atoms with Gasteiger partial charge in [0.2, 0.25) is 0 Å². The van der Waals surface area contributed by atoms with E-state index >= 15 is 0 Å². The fourth-order valence-corrected chi connectivity index (χ4v) is 9.55. The van der Waals surface area contributed by atoms with Crippen molar-refractivity contribution in [2.75, 3.05) is 33.0 Å². The first-order valence-electron chi connectivity index (χ1n) is 9.99. The van der Waals surface area contributed by atoms with E-state index in [9.17, 15) is 38.7 Å². The molecule has 1 saturated heterocycles. The quantitative estimate of drug-likeness (QED) is 0.0747. The molecule has 0 aliphatic carbocycles. The minimum atomic E-state index is -4.74. The molecule has 0 aromatic carbocycles. The van der Waals surface area contributed by atoms with Crippen LogP contribution in [0.15, 0.2) is 0 Å². The molecule has 0 saturated carbocycles. The maximum absolute atomic E-state index is 11.6.